The molecular formula is C23H33N3O. The molecule has 4 nitrogen and oxygen atoms in total. The van der Waals surface area contributed by atoms with Crippen LogP contribution in [-0.4, -0.2) is 32.1 Å². The third-order valence-electron chi connectivity index (χ3n) is 5.38. The summed E-state index contributed by atoms with van der Waals surface area (Å²) in [5.41, 5.74) is 3.37. The van der Waals surface area contributed by atoms with E-state index in [1.807, 2.05) is 24.4 Å². The number of hydrogen-bond donors (Lipinski definition) is 2. The molecule has 4 heteroatoms. The monoisotopic (exact) mass is 367 g/mol. The first-order valence-corrected chi connectivity index (χ1v) is 9.85. The van der Waals surface area contributed by atoms with Gasteiger partial charge in [-0.3, -0.25) is 9.88 Å². The van der Waals surface area contributed by atoms with E-state index in [1.165, 1.54) is 5.56 Å². The molecule has 3 rings (SSSR count). The number of hydrogen-bond acceptors (Lipinski definition) is 4. The third-order valence-corrected chi connectivity index (χ3v) is 5.38. The van der Waals surface area contributed by atoms with E-state index in [1.54, 1.807) is 6.07 Å². The SMILES string of the molecule is Cc1ccc(O)c(CN(Cc2ccccn2)C2CC(C)(C)NC(C)(C)C2)c1. The predicted octanol–water partition coefficient (Wildman–Crippen LogP) is 4.41. The maximum Gasteiger partial charge on any atom is 0.120 e. The maximum absolute atomic E-state index is 10.4. The molecule has 1 fully saturated rings. The lowest BCUT2D eigenvalue weighted by Crippen LogP contribution is -2.62. The largest absolute Gasteiger partial charge is 0.508 e. The minimum Gasteiger partial charge on any atom is -0.508 e. The lowest BCUT2D eigenvalue weighted by Gasteiger charge is -2.49. The Balaban J connectivity index is 1.90. The molecule has 2 heterocycles. The molecule has 0 unspecified atom stereocenters. The number of aryl methyl sites for hydroxylation is 1. The molecule has 1 aromatic carbocycles. The second kappa shape index (κ2) is 7.61. The van der Waals surface area contributed by atoms with Crippen molar-refractivity contribution in [3.05, 3.63) is 59.4 Å². The van der Waals surface area contributed by atoms with Crippen LogP contribution in [0.1, 0.15) is 57.4 Å². The highest BCUT2D eigenvalue weighted by atomic mass is 16.3. The number of benzene rings is 1. The number of phenolic OH excluding ortho intramolecular Hbond substituents is 1. The second-order valence-corrected chi connectivity index (χ2v) is 9.31. The van der Waals surface area contributed by atoms with Crippen LogP contribution in [-0.2, 0) is 13.1 Å². The number of pyridine rings is 1. The third kappa shape index (κ3) is 5.30. The molecule has 0 radical (unpaired) electrons. The number of nitrogens with one attached hydrogen (secondary N) is 1. The molecular weight excluding hydrogens is 334 g/mol. The summed E-state index contributed by atoms with van der Waals surface area (Å²) in [5.74, 6) is 0.374. The molecule has 0 aliphatic carbocycles. The van der Waals surface area contributed by atoms with Gasteiger partial charge in [0.25, 0.3) is 0 Å². The van der Waals surface area contributed by atoms with Crippen LogP contribution in [0.3, 0.4) is 0 Å². The van der Waals surface area contributed by atoms with Crippen molar-refractivity contribution in [2.45, 2.75) is 77.7 Å². The number of nitrogens with zero attached hydrogens (tertiary/aromatic N) is 2. The average molecular weight is 368 g/mol. The molecule has 1 aromatic heterocycles. The normalized spacial score (nSPS) is 19.3. The summed E-state index contributed by atoms with van der Waals surface area (Å²) in [7, 11) is 0. The second-order valence-electron chi connectivity index (χ2n) is 9.31. The Hall–Kier alpha value is -1.91. The highest BCUT2D eigenvalue weighted by Crippen LogP contribution is 2.34. The molecule has 1 saturated heterocycles. The van der Waals surface area contributed by atoms with Crippen LogP contribution in [0.4, 0.5) is 0 Å². The minimum atomic E-state index is 0.0728. The Bertz CT molecular complexity index is 754. The van der Waals surface area contributed by atoms with E-state index in [4.69, 9.17) is 0 Å². The van der Waals surface area contributed by atoms with E-state index in [2.05, 4.69) is 62.0 Å². The van der Waals surface area contributed by atoms with E-state index in [0.29, 0.717) is 11.8 Å². The fraction of sp³-hybridized carbons (Fsp3) is 0.522. The van der Waals surface area contributed by atoms with Gasteiger partial charge in [0.05, 0.1) is 5.69 Å². The zero-order valence-corrected chi connectivity index (χ0v) is 17.3. The standard InChI is InChI=1S/C23H33N3O/c1-17-9-10-21(27)18(12-17)15-26(16-19-8-6-7-11-24-19)20-13-22(2,3)25-23(4,5)14-20/h6-12,20,25,27H,13-16H2,1-5H3. The number of aromatic hydroxyl groups is 1. The number of rotatable bonds is 5. The van der Waals surface area contributed by atoms with Gasteiger partial charge in [-0.15, -0.1) is 0 Å². The number of piperidine rings is 1. The van der Waals surface area contributed by atoms with Gasteiger partial charge in [-0.1, -0.05) is 23.8 Å². The van der Waals surface area contributed by atoms with Gasteiger partial charge < -0.3 is 10.4 Å². The summed E-state index contributed by atoms with van der Waals surface area (Å²) in [4.78, 5) is 7.04. The zero-order chi connectivity index (χ0) is 19.7. The predicted molar refractivity (Wildman–Crippen MR) is 111 cm³/mol. The average Bonchev–Trinajstić information content (AvgIpc) is 2.55. The van der Waals surface area contributed by atoms with Gasteiger partial charge in [0.1, 0.15) is 5.75 Å². The molecule has 0 bridgehead atoms. The van der Waals surface area contributed by atoms with Crippen molar-refractivity contribution in [2.75, 3.05) is 0 Å². The number of aromatic nitrogens is 1. The van der Waals surface area contributed by atoms with Crippen LogP contribution in [0.2, 0.25) is 0 Å². The fourth-order valence-electron chi connectivity index (χ4n) is 4.60. The van der Waals surface area contributed by atoms with Gasteiger partial charge in [0.15, 0.2) is 0 Å². The Morgan fingerprint density at radius 3 is 2.41 bits per heavy atom. The first kappa shape index (κ1) is 19.8. The van der Waals surface area contributed by atoms with Crippen molar-refractivity contribution in [1.29, 1.82) is 0 Å². The number of phenols is 1. The minimum absolute atomic E-state index is 0.0728. The maximum atomic E-state index is 10.4. The van der Waals surface area contributed by atoms with Crippen molar-refractivity contribution >= 4 is 0 Å². The lowest BCUT2D eigenvalue weighted by molar-refractivity contribution is 0.0552. The van der Waals surface area contributed by atoms with Crippen LogP contribution in [0.25, 0.3) is 0 Å². The summed E-state index contributed by atoms with van der Waals surface area (Å²) < 4.78 is 0. The van der Waals surface area contributed by atoms with Crippen LogP contribution >= 0.6 is 0 Å². The van der Waals surface area contributed by atoms with E-state index in [9.17, 15) is 5.11 Å². The zero-order valence-electron chi connectivity index (χ0n) is 17.3. The first-order valence-electron chi connectivity index (χ1n) is 9.85. The Morgan fingerprint density at radius 1 is 1.07 bits per heavy atom. The van der Waals surface area contributed by atoms with E-state index in [-0.39, 0.29) is 11.1 Å². The van der Waals surface area contributed by atoms with Gasteiger partial charge in [0.2, 0.25) is 0 Å². The van der Waals surface area contributed by atoms with Crippen molar-refractivity contribution < 1.29 is 5.11 Å². The smallest absolute Gasteiger partial charge is 0.120 e. The van der Waals surface area contributed by atoms with Crippen molar-refractivity contribution in [1.82, 2.24) is 15.2 Å². The molecule has 1 aliphatic heterocycles. The highest BCUT2D eigenvalue weighted by Gasteiger charge is 2.40. The van der Waals surface area contributed by atoms with Gasteiger partial charge in [-0.25, -0.2) is 0 Å². The molecule has 0 saturated carbocycles. The molecule has 27 heavy (non-hydrogen) atoms. The summed E-state index contributed by atoms with van der Waals surface area (Å²) >= 11 is 0. The molecule has 2 aromatic rings. The highest BCUT2D eigenvalue weighted by molar-refractivity contribution is 5.35. The summed E-state index contributed by atoms with van der Waals surface area (Å²) in [6, 6.07) is 12.4. The van der Waals surface area contributed by atoms with Gasteiger partial charge >= 0.3 is 0 Å². The molecule has 1 aliphatic rings. The molecule has 0 atom stereocenters. The van der Waals surface area contributed by atoms with Crippen molar-refractivity contribution in [3.63, 3.8) is 0 Å². The molecule has 0 amide bonds. The summed E-state index contributed by atoms with van der Waals surface area (Å²) in [6.45, 7) is 12.7. The molecule has 146 valence electrons. The lowest BCUT2D eigenvalue weighted by atomic mass is 9.79. The molecule has 2 N–H and O–H groups in total. The van der Waals surface area contributed by atoms with Gasteiger partial charge in [-0.05, 0) is 65.7 Å². The Labute approximate surface area is 163 Å². The van der Waals surface area contributed by atoms with Gasteiger partial charge in [-0.2, -0.15) is 0 Å². The summed E-state index contributed by atoms with van der Waals surface area (Å²) in [5, 5.41) is 14.2. The van der Waals surface area contributed by atoms with E-state index < -0.39 is 0 Å². The quantitative estimate of drug-likeness (QED) is 0.822. The van der Waals surface area contributed by atoms with Crippen molar-refractivity contribution in [3.8, 4) is 5.75 Å². The van der Waals surface area contributed by atoms with E-state index in [0.717, 1.165) is 37.2 Å². The van der Waals surface area contributed by atoms with Gasteiger partial charge in [0, 0.05) is 42.0 Å². The topological polar surface area (TPSA) is 48.4 Å². The first-order chi connectivity index (χ1) is 12.6. The summed E-state index contributed by atoms with van der Waals surface area (Å²) in [6.07, 6.45) is 3.99. The Kier molecular flexibility index (Phi) is 5.59. The van der Waals surface area contributed by atoms with E-state index >= 15 is 0 Å². The van der Waals surface area contributed by atoms with Crippen LogP contribution in [0, 0.1) is 6.92 Å². The fourth-order valence-corrected chi connectivity index (χ4v) is 4.60. The Morgan fingerprint density at radius 2 is 1.78 bits per heavy atom. The molecule has 0 spiro atoms. The van der Waals surface area contributed by atoms with Crippen LogP contribution in [0.5, 0.6) is 5.75 Å². The van der Waals surface area contributed by atoms with Crippen molar-refractivity contribution in [2.24, 2.45) is 0 Å². The van der Waals surface area contributed by atoms with Crippen LogP contribution < -0.4 is 5.32 Å². The van der Waals surface area contributed by atoms with Crippen LogP contribution in [0.15, 0.2) is 42.6 Å².